The molecule has 0 heterocycles. The average Bonchev–Trinajstić information content (AvgIpc) is 2.20. The highest BCUT2D eigenvalue weighted by Gasteiger charge is 1.91. The number of hydrogen-bond donors (Lipinski definition) is 1. The van der Waals surface area contributed by atoms with Gasteiger partial charge in [0.05, 0.1) is 13.2 Å². The molecule has 0 spiro atoms. The zero-order valence-corrected chi connectivity index (χ0v) is 10.4. The van der Waals surface area contributed by atoms with E-state index < -0.39 is 0 Å². The van der Waals surface area contributed by atoms with Crippen molar-refractivity contribution in [3.8, 4) is 0 Å². The van der Waals surface area contributed by atoms with Gasteiger partial charge in [0.1, 0.15) is 0 Å². The van der Waals surface area contributed by atoms with E-state index in [0.29, 0.717) is 13.2 Å². The monoisotopic (exact) mass is 218 g/mol. The summed E-state index contributed by atoms with van der Waals surface area (Å²) in [4.78, 5) is 2.20. The first-order valence-electron chi connectivity index (χ1n) is 5.69. The Labute approximate surface area is 93.9 Å². The van der Waals surface area contributed by atoms with Crippen molar-refractivity contribution < 1.29 is 9.47 Å². The fraction of sp³-hybridized carbons (Fsp3) is 1.00. The topological polar surface area (TPSA) is 33.7 Å². The molecule has 1 N–H and O–H groups in total. The van der Waals surface area contributed by atoms with E-state index in [9.17, 15) is 0 Å². The van der Waals surface area contributed by atoms with E-state index in [-0.39, 0.29) is 0 Å². The van der Waals surface area contributed by atoms with Gasteiger partial charge in [-0.2, -0.15) is 0 Å². The van der Waals surface area contributed by atoms with Crippen molar-refractivity contribution in [1.82, 2.24) is 10.2 Å². The standard InChI is InChI=1S/C11H26N2O2/c1-13(2)8-4-6-12-7-5-9-15-11-10-14-3/h12H,4-11H2,1-3H3. The molecule has 4 heteroatoms. The molecule has 0 aromatic carbocycles. The fourth-order valence-electron chi connectivity index (χ4n) is 1.19. The van der Waals surface area contributed by atoms with Gasteiger partial charge in [-0.1, -0.05) is 0 Å². The molecule has 92 valence electrons. The molecule has 0 aromatic heterocycles. The van der Waals surface area contributed by atoms with Crippen LogP contribution in [0.25, 0.3) is 0 Å². The molecule has 0 aliphatic carbocycles. The van der Waals surface area contributed by atoms with Crippen molar-refractivity contribution in [1.29, 1.82) is 0 Å². The van der Waals surface area contributed by atoms with Crippen molar-refractivity contribution >= 4 is 0 Å². The largest absolute Gasteiger partial charge is 0.382 e. The zero-order chi connectivity index (χ0) is 11.4. The Morgan fingerprint density at radius 3 is 2.40 bits per heavy atom. The van der Waals surface area contributed by atoms with E-state index in [4.69, 9.17) is 9.47 Å². The van der Waals surface area contributed by atoms with Gasteiger partial charge in [0, 0.05) is 13.7 Å². The van der Waals surface area contributed by atoms with Crippen LogP contribution >= 0.6 is 0 Å². The number of ether oxygens (including phenoxy) is 2. The third kappa shape index (κ3) is 13.8. The molecule has 0 fully saturated rings. The Kier molecular flexibility index (Phi) is 11.8. The van der Waals surface area contributed by atoms with E-state index in [0.717, 1.165) is 32.7 Å². The molecular formula is C11H26N2O2. The normalized spacial score (nSPS) is 11.2. The lowest BCUT2D eigenvalue weighted by atomic mass is 10.4. The van der Waals surface area contributed by atoms with Gasteiger partial charge >= 0.3 is 0 Å². The Morgan fingerprint density at radius 2 is 1.73 bits per heavy atom. The van der Waals surface area contributed by atoms with Crippen molar-refractivity contribution in [3.63, 3.8) is 0 Å². The molecule has 0 saturated heterocycles. The lowest BCUT2D eigenvalue weighted by Crippen LogP contribution is -2.22. The Hall–Kier alpha value is -0.160. The highest BCUT2D eigenvalue weighted by atomic mass is 16.5. The van der Waals surface area contributed by atoms with Crippen LogP contribution in [0.5, 0.6) is 0 Å². The molecular weight excluding hydrogens is 192 g/mol. The van der Waals surface area contributed by atoms with Gasteiger partial charge in [-0.15, -0.1) is 0 Å². The van der Waals surface area contributed by atoms with Crippen molar-refractivity contribution in [2.45, 2.75) is 12.8 Å². The molecule has 4 nitrogen and oxygen atoms in total. The van der Waals surface area contributed by atoms with E-state index in [1.54, 1.807) is 7.11 Å². The molecule has 0 saturated carbocycles. The maximum atomic E-state index is 5.35. The minimum Gasteiger partial charge on any atom is -0.382 e. The minimum absolute atomic E-state index is 0.691. The Balaban J connectivity index is 2.87. The van der Waals surface area contributed by atoms with Crippen molar-refractivity contribution in [2.75, 3.05) is 60.7 Å². The van der Waals surface area contributed by atoms with Gasteiger partial charge in [0.2, 0.25) is 0 Å². The number of nitrogens with zero attached hydrogens (tertiary/aromatic N) is 1. The molecule has 0 aliphatic heterocycles. The molecule has 0 unspecified atom stereocenters. The van der Waals surface area contributed by atoms with Crippen LogP contribution in [0.3, 0.4) is 0 Å². The first-order valence-corrected chi connectivity index (χ1v) is 5.69. The quantitative estimate of drug-likeness (QED) is 0.514. The number of methoxy groups -OCH3 is 1. The first kappa shape index (κ1) is 14.8. The van der Waals surface area contributed by atoms with Gasteiger partial charge in [0.25, 0.3) is 0 Å². The van der Waals surface area contributed by atoms with Crippen LogP contribution in [-0.2, 0) is 9.47 Å². The summed E-state index contributed by atoms with van der Waals surface area (Å²) in [6, 6.07) is 0. The summed E-state index contributed by atoms with van der Waals surface area (Å²) in [5, 5.41) is 3.39. The number of hydrogen-bond acceptors (Lipinski definition) is 4. The van der Waals surface area contributed by atoms with Gasteiger partial charge in [-0.05, 0) is 46.6 Å². The van der Waals surface area contributed by atoms with Gasteiger partial charge < -0.3 is 19.7 Å². The van der Waals surface area contributed by atoms with Crippen molar-refractivity contribution in [2.24, 2.45) is 0 Å². The third-order valence-corrected chi connectivity index (χ3v) is 2.03. The highest BCUT2D eigenvalue weighted by molar-refractivity contribution is 4.50. The van der Waals surface area contributed by atoms with Gasteiger partial charge in [0.15, 0.2) is 0 Å². The SMILES string of the molecule is COCCOCCCNCCCN(C)C. The number of nitrogens with one attached hydrogen (secondary N) is 1. The van der Waals surface area contributed by atoms with Crippen LogP contribution in [0.2, 0.25) is 0 Å². The van der Waals surface area contributed by atoms with E-state index >= 15 is 0 Å². The second-order valence-electron chi connectivity index (χ2n) is 3.87. The van der Waals surface area contributed by atoms with E-state index in [2.05, 4.69) is 24.3 Å². The fourth-order valence-corrected chi connectivity index (χ4v) is 1.19. The number of rotatable bonds is 11. The Morgan fingerprint density at radius 1 is 1.00 bits per heavy atom. The molecule has 0 amide bonds. The summed E-state index contributed by atoms with van der Waals surface area (Å²) in [6.45, 7) is 5.51. The molecule has 0 bridgehead atoms. The average molecular weight is 218 g/mol. The molecule has 0 aromatic rings. The maximum absolute atomic E-state index is 5.35. The van der Waals surface area contributed by atoms with Crippen LogP contribution in [0.15, 0.2) is 0 Å². The second kappa shape index (κ2) is 11.9. The lowest BCUT2D eigenvalue weighted by Gasteiger charge is -2.09. The van der Waals surface area contributed by atoms with Crippen LogP contribution in [-0.4, -0.2) is 65.6 Å². The predicted molar refractivity (Wildman–Crippen MR) is 63.4 cm³/mol. The summed E-state index contributed by atoms with van der Waals surface area (Å²) in [5.74, 6) is 0. The van der Waals surface area contributed by atoms with E-state index in [1.807, 2.05) is 0 Å². The summed E-state index contributed by atoms with van der Waals surface area (Å²) < 4.78 is 10.2. The maximum Gasteiger partial charge on any atom is 0.0700 e. The second-order valence-corrected chi connectivity index (χ2v) is 3.87. The highest BCUT2D eigenvalue weighted by Crippen LogP contribution is 1.84. The van der Waals surface area contributed by atoms with Crippen LogP contribution in [0.4, 0.5) is 0 Å². The third-order valence-electron chi connectivity index (χ3n) is 2.03. The van der Waals surface area contributed by atoms with Gasteiger partial charge in [-0.25, -0.2) is 0 Å². The van der Waals surface area contributed by atoms with E-state index in [1.165, 1.54) is 6.42 Å². The lowest BCUT2D eigenvalue weighted by molar-refractivity contribution is 0.0695. The predicted octanol–water partition coefficient (Wildman–Crippen LogP) is 0.581. The molecule has 15 heavy (non-hydrogen) atoms. The van der Waals surface area contributed by atoms with Crippen molar-refractivity contribution in [3.05, 3.63) is 0 Å². The van der Waals surface area contributed by atoms with Crippen LogP contribution < -0.4 is 5.32 Å². The minimum atomic E-state index is 0.691. The first-order chi connectivity index (χ1) is 7.27. The van der Waals surface area contributed by atoms with Crippen LogP contribution in [0.1, 0.15) is 12.8 Å². The summed E-state index contributed by atoms with van der Waals surface area (Å²) in [5.41, 5.74) is 0. The smallest absolute Gasteiger partial charge is 0.0700 e. The van der Waals surface area contributed by atoms with Gasteiger partial charge in [-0.3, -0.25) is 0 Å². The molecule has 0 atom stereocenters. The molecule has 0 aliphatic rings. The molecule has 0 radical (unpaired) electrons. The summed E-state index contributed by atoms with van der Waals surface area (Å²) >= 11 is 0. The Bertz CT molecular complexity index is 121. The zero-order valence-electron chi connectivity index (χ0n) is 10.4. The summed E-state index contributed by atoms with van der Waals surface area (Å²) in [6.07, 6.45) is 2.28. The summed E-state index contributed by atoms with van der Waals surface area (Å²) in [7, 11) is 5.89. The van der Waals surface area contributed by atoms with Crippen LogP contribution in [0, 0.1) is 0 Å². The molecule has 0 rings (SSSR count).